The van der Waals surface area contributed by atoms with Gasteiger partial charge >= 0.3 is 0 Å². The molecule has 1 aliphatic rings. The van der Waals surface area contributed by atoms with Crippen molar-refractivity contribution >= 4 is 23.1 Å². The Bertz CT molecular complexity index is 1290. The predicted octanol–water partition coefficient (Wildman–Crippen LogP) is 3.77. The molecule has 32 heavy (non-hydrogen) atoms. The summed E-state index contributed by atoms with van der Waals surface area (Å²) >= 11 is 0. The number of benzene rings is 2. The molecular formula is C24H23FN6O. The SMILES string of the molecule is C[C@@H](Nc1ccc2ncc(-c3ccc(N4C[C@@H](N)CC4=O)cc3)n2n1)c1cccc(F)c1. The molecule has 1 aliphatic heterocycles. The van der Waals surface area contributed by atoms with E-state index in [-0.39, 0.29) is 23.8 Å². The average molecular weight is 430 g/mol. The van der Waals surface area contributed by atoms with Crippen molar-refractivity contribution in [1.82, 2.24) is 14.6 Å². The minimum atomic E-state index is -0.266. The summed E-state index contributed by atoms with van der Waals surface area (Å²) < 4.78 is 15.3. The van der Waals surface area contributed by atoms with Gasteiger partial charge in [-0.25, -0.2) is 13.9 Å². The third-order valence-corrected chi connectivity index (χ3v) is 5.71. The second kappa shape index (κ2) is 8.05. The number of nitrogens with two attached hydrogens (primary N) is 1. The highest BCUT2D eigenvalue weighted by atomic mass is 19.1. The molecule has 0 saturated carbocycles. The van der Waals surface area contributed by atoms with Crippen molar-refractivity contribution < 1.29 is 9.18 Å². The van der Waals surface area contributed by atoms with Gasteiger partial charge in [-0.1, -0.05) is 24.3 Å². The average Bonchev–Trinajstić information content (AvgIpc) is 3.36. The summed E-state index contributed by atoms with van der Waals surface area (Å²) in [5.74, 6) is 0.434. The Labute approximate surface area is 184 Å². The van der Waals surface area contributed by atoms with Crippen molar-refractivity contribution in [2.45, 2.75) is 25.4 Å². The van der Waals surface area contributed by atoms with Crippen LogP contribution in [0, 0.1) is 5.82 Å². The maximum atomic E-state index is 13.6. The highest BCUT2D eigenvalue weighted by Crippen LogP contribution is 2.27. The summed E-state index contributed by atoms with van der Waals surface area (Å²) in [7, 11) is 0. The molecule has 3 N–H and O–H groups in total. The zero-order valence-electron chi connectivity index (χ0n) is 17.6. The molecule has 0 bridgehead atoms. The van der Waals surface area contributed by atoms with Crippen LogP contribution < -0.4 is 16.0 Å². The van der Waals surface area contributed by atoms with E-state index in [1.54, 1.807) is 21.7 Å². The monoisotopic (exact) mass is 430 g/mol. The van der Waals surface area contributed by atoms with Crippen molar-refractivity contribution in [3.05, 3.63) is 78.2 Å². The summed E-state index contributed by atoms with van der Waals surface area (Å²) in [6.45, 7) is 2.49. The number of hydrogen-bond donors (Lipinski definition) is 2. The third kappa shape index (κ3) is 3.80. The summed E-state index contributed by atoms with van der Waals surface area (Å²) in [6, 6.07) is 17.7. The van der Waals surface area contributed by atoms with Crippen molar-refractivity contribution in [3.63, 3.8) is 0 Å². The molecule has 4 aromatic rings. The van der Waals surface area contributed by atoms with E-state index in [9.17, 15) is 9.18 Å². The van der Waals surface area contributed by atoms with Crippen LogP contribution in [0.2, 0.25) is 0 Å². The van der Waals surface area contributed by atoms with E-state index in [1.807, 2.05) is 49.4 Å². The van der Waals surface area contributed by atoms with E-state index in [4.69, 9.17) is 5.73 Å². The summed E-state index contributed by atoms with van der Waals surface area (Å²) in [6.07, 6.45) is 2.15. The molecule has 1 amide bonds. The lowest BCUT2D eigenvalue weighted by atomic mass is 10.1. The second-order valence-electron chi connectivity index (χ2n) is 8.07. The minimum absolute atomic E-state index is 0.0462. The smallest absolute Gasteiger partial charge is 0.228 e. The molecule has 2 atom stereocenters. The van der Waals surface area contributed by atoms with Gasteiger partial charge in [-0.05, 0) is 48.9 Å². The van der Waals surface area contributed by atoms with Crippen molar-refractivity contribution in [2.75, 3.05) is 16.8 Å². The largest absolute Gasteiger partial charge is 0.362 e. The van der Waals surface area contributed by atoms with Crippen LogP contribution >= 0.6 is 0 Å². The van der Waals surface area contributed by atoms with E-state index in [1.165, 1.54) is 12.1 Å². The summed E-state index contributed by atoms with van der Waals surface area (Å²) in [5, 5.41) is 8.01. The Balaban J connectivity index is 1.41. The number of amides is 1. The summed E-state index contributed by atoms with van der Waals surface area (Å²) in [5.41, 5.74) is 10.1. The molecule has 1 saturated heterocycles. The van der Waals surface area contributed by atoms with E-state index in [2.05, 4.69) is 15.4 Å². The van der Waals surface area contributed by atoms with E-state index < -0.39 is 0 Å². The lowest BCUT2D eigenvalue weighted by Gasteiger charge is -2.16. The molecule has 7 nitrogen and oxygen atoms in total. The molecule has 0 radical (unpaired) electrons. The van der Waals surface area contributed by atoms with Crippen LogP contribution in [-0.4, -0.2) is 33.1 Å². The van der Waals surface area contributed by atoms with Crippen LogP contribution in [0.3, 0.4) is 0 Å². The van der Waals surface area contributed by atoms with Crippen LogP contribution in [0.1, 0.15) is 24.9 Å². The zero-order chi connectivity index (χ0) is 22.2. The third-order valence-electron chi connectivity index (χ3n) is 5.71. The number of hydrogen-bond acceptors (Lipinski definition) is 5. The van der Waals surface area contributed by atoms with Gasteiger partial charge in [0.15, 0.2) is 5.65 Å². The molecule has 162 valence electrons. The van der Waals surface area contributed by atoms with Crippen molar-refractivity contribution in [3.8, 4) is 11.3 Å². The van der Waals surface area contributed by atoms with Gasteiger partial charge in [0.1, 0.15) is 11.6 Å². The Morgan fingerprint density at radius 3 is 2.69 bits per heavy atom. The van der Waals surface area contributed by atoms with E-state index in [0.717, 1.165) is 22.5 Å². The number of carbonyl (C=O) groups is 1. The van der Waals surface area contributed by atoms with E-state index in [0.29, 0.717) is 24.4 Å². The Morgan fingerprint density at radius 2 is 1.97 bits per heavy atom. The molecule has 2 aromatic heterocycles. The fourth-order valence-corrected chi connectivity index (χ4v) is 4.03. The first-order chi connectivity index (χ1) is 15.5. The van der Waals surface area contributed by atoms with Crippen LogP contribution in [-0.2, 0) is 4.79 Å². The molecule has 0 spiro atoms. The first kappa shape index (κ1) is 20.1. The molecule has 2 aromatic carbocycles. The number of fused-ring (bicyclic) bond motifs is 1. The maximum Gasteiger partial charge on any atom is 0.228 e. The van der Waals surface area contributed by atoms with E-state index >= 15 is 0 Å². The Kier molecular flexibility index (Phi) is 5.07. The number of rotatable bonds is 5. The number of nitrogens with zero attached hydrogens (tertiary/aromatic N) is 4. The first-order valence-corrected chi connectivity index (χ1v) is 10.5. The molecule has 8 heteroatoms. The highest BCUT2D eigenvalue weighted by molar-refractivity contribution is 5.96. The van der Waals surface area contributed by atoms with Gasteiger partial charge in [0.25, 0.3) is 0 Å². The van der Waals surface area contributed by atoms with Crippen molar-refractivity contribution in [2.24, 2.45) is 5.73 Å². The highest BCUT2D eigenvalue weighted by Gasteiger charge is 2.28. The zero-order valence-corrected chi connectivity index (χ0v) is 17.6. The number of anilines is 2. The van der Waals surface area contributed by atoms with Gasteiger partial charge in [0.05, 0.1) is 17.9 Å². The fourth-order valence-electron chi connectivity index (χ4n) is 4.03. The topological polar surface area (TPSA) is 88.5 Å². The van der Waals surface area contributed by atoms with Crippen LogP contribution in [0.15, 0.2) is 66.9 Å². The number of imidazole rings is 1. The van der Waals surface area contributed by atoms with Gasteiger partial charge in [-0.2, -0.15) is 0 Å². The van der Waals surface area contributed by atoms with Gasteiger partial charge in [0, 0.05) is 30.3 Å². The molecule has 0 unspecified atom stereocenters. The van der Waals surface area contributed by atoms with Gasteiger partial charge < -0.3 is 16.0 Å². The summed E-state index contributed by atoms with van der Waals surface area (Å²) in [4.78, 5) is 18.3. The van der Waals surface area contributed by atoms with Crippen LogP contribution in [0.4, 0.5) is 15.9 Å². The minimum Gasteiger partial charge on any atom is -0.362 e. The quantitative estimate of drug-likeness (QED) is 0.503. The predicted molar refractivity (Wildman–Crippen MR) is 122 cm³/mol. The number of halogens is 1. The van der Waals surface area contributed by atoms with Crippen molar-refractivity contribution in [1.29, 1.82) is 0 Å². The van der Waals surface area contributed by atoms with Gasteiger partial charge in [0.2, 0.25) is 5.91 Å². The molecule has 5 rings (SSSR count). The lowest BCUT2D eigenvalue weighted by molar-refractivity contribution is -0.117. The molecule has 1 fully saturated rings. The lowest BCUT2D eigenvalue weighted by Crippen LogP contribution is -2.27. The number of nitrogens with one attached hydrogen (secondary N) is 1. The molecule has 3 heterocycles. The number of carbonyl (C=O) groups excluding carboxylic acids is 1. The number of aromatic nitrogens is 3. The van der Waals surface area contributed by atoms with Crippen LogP contribution in [0.25, 0.3) is 16.9 Å². The maximum absolute atomic E-state index is 13.6. The standard InChI is InChI=1S/C24H23FN6O/c1-15(17-3-2-4-18(25)11-17)28-22-9-10-23-27-13-21(31(23)29-22)16-5-7-20(8-6-16)30-14-19(26)12-24(30)32/h2-11,13,15,19H,12,14,26H2,1H3,(H,28,29)/t15-,19+/m1/s1. The van der Waals surface area contributed by atoms with Gasteiger partial charge in [-0.15, -0.1) is 5.10 Å². The van der Waals surface area contributed by atoms with Gasteiger partial charge in [-0.3, -0.25) is 4.79 Å². The fraction of sp³-hybridized carbons (Fsp3) is 0.208. The first-order valence-electron chi connectivity index (χ1n) is 10.5. The molecule has 0 aliphatic carbocycles. The van der Waals surface area contributed by atoms with Crippen LogP contribution in [0.5, 0.6) is 0 Å². The molecular weight excluding hydrogens is 407 g/mol. The normalized spacial score (nSPS) is 17.2. The second-order valence-corrected chi connectivity index (χ2v) is 8.07. The Morgan fingerprint density at radius 1 is 1.16 bits per heavy atom. The Hall–Kier alpha value is -3.78.